The van der Waals surface area contributed by atoms with E-state index in [0.717, 1.165) is 22.4 Å². The first-order valence-corrected chi connectivity index (χ1v) is 8.91. The van der Waals surface area contributed by atoms with Crippen molar-refractivity contribution in [3.63, 3.8) is 0 Å². The Kier molecular flexibility index (Phi) is 5.55. The maximum absolute atomic E-state index is 12.3. The predicted octanol–water partition coefficient (Wildman–Crippen LogP) is 5.80. The quantitative estimate of drug-likeness (QED) is 0.434. The van der Waals surface area contributed by atoms with Gasteiger partial charge in [-0.1, -0.05) is 30.0 Å². The number of thioether (sulfide) groups is 1. The molecule has 1 aromatic heterocycles. The molecule has 0 fully saturated rings. The van der Waals surface area contributed by atoms with Crippen molar-refractivity contribution in [3.05, 3.63) is 60.4 Å². The zero-order valence-corrected chi connectivity index (χ0v) is 15.0. The molecular weight excluding hydrogens is 362 g/mol. The van der Waals surface area contributed by atoms with Gasteiger partial charge in [-0.05, 0) is 55.5 Å². The van der Waals surface area contributed by atoms with Crippen LogP contribution >= 0.6 is 24.0 Å². The van der Waals surface area contributed by atoms with Crippen LogP contribution in [0.15, 0.2) is 63.9 Å². The molecule has 0 aliphatic heterocycles. The van der Waals surface area contributed by atoms with Gasteiger partial charge < -0.3 is 15.1 Å². The molecule has 1 heterocycles. The van der Waals surface area contributed by atoms with Crippen LogP contribution in [0.5, 0.6) is 0 Å². The van der Waals surface area contributed by atoms with Crippen LogP contribution < -0.4 is 10.6 Å². The molecule has 0 saturated heterocycles. The Balaban J connectivity index is 1.59. The van der Waals surface area contributed by atoms with E-state index >= 15 is 0 Å². The molecular formula is C18H16F2N2OS2. The lowest BCUT2D eigenvalue weighted by atomic mass is 10.2. The summed E-state index contributed by atoms with van der Waals surface area (Å²) in [5.74, 6) is -1.64. The molecule has 0 saturated carbocycles. The van der Waals surface area contributed by atoms with Gasteiger partial charge in [0.05, 0.1) is 6.04 Å². The molecule has 0 aliphatic carbocycles. The molecule has 130 valence electrons. The van der Waals surface area contributed by atoms with E-state index in [9.17, 15) is 8.78 Å². The van der Waals surface area contributed by atoms with Crippen molar-refractivity contribution in [2.24, 2.45) is 0 Å². The van der Waals surface area contributed by atoms with Gasteiger partial charge in [-0.25, -0.2) is 0 Å². The van der Waals surface area contributed by atoms with E-state index in [1.165, 1.54) is 0 Å². The third-order valence-electron chi connectivity index (χ3n) is 3.56. The Bertz CT molecular complexity index is 832. The number of halogens is 2. The van der Waals surface area contributed by atoms with Gasteiger partial charge in [0.25, 0.3) is 5.76 Å². The normalized spacial score (nSPS) is 12.3. The first-order chi connectivity index (χ1) is 12.0. The lowest BCUT2D eigenvalue weighted by Gasteiger charge is -2.15. The van der Waals surface area contributed by atoms with Crippen molar-refractivity contribution >= 4 is 45.7 Å². The second-order valence-corrected chi connectivity index (χ2v) is 6.88. The summed E-state index contributed by atoms with van der Waals surface area (Å²) >= 11 is 5.82. The molecule has 0 spiro atoms. The number of hydrogen-bond acceptors (Lipinski definition) is 3. The minimum Gasteiger partial charge on any atom is -0.459 e. The zero-order valence-electron chi connectivity index (χ0n) is 13.3. The second-order valence-electron chi connectivity index (χ2n) is 5.41. The minimum atomic E-state index is -2.42. The van der Waals surface area contributed by atoms with E-state index in [-0.39, 0.29) is 6.04 Å². The molecule has 0 bridgehead atoms. The third kappa shape index (κ3) is 4.70. The molecule has 2 aromatic carbocycles. The number of rotatable bonds is 5. The van der Waals surface area contributed by atoms with Crippen LogP contribution in [0.25, 0.3) is 11.0 Å². The van der Waals surface area contributed by atoms with Gasteiger partial charge in [0.15, 0.2) is 5.11 Å². The number of hydrogen-bond donors (Lipinski definition) is 2. The molecule has 1 atom stereocenters. The fraction of sp³-hybridized carbons (Fsp3) is 0.167. The summed E-state index contributed by atoms with van der Waals surface area (Å²) in [6.07, 6.45) is 0. The van der Waals surface area contributed by atoms with E-state index in [2.05, 4.69) is 10.6 Å². The molecule has 3 aromatic rings. The van der Waals surface area contributed by atoms with Gasteiger partial charge in [0.1, 0.15) is 11.3 Å². The third-order valence-corrected chi connectivity index (χ3v) is 4.50. The summed E-state index contributed by atoms with van der Waals surface area (Å²) in [4.78, 5) is 0.509. The van der Waals surface area contributed by atoms with Crippen LogP contribution in [0.1, 0.15) is 18.7 Å². The van der Waals surface area contributed by atoms with Crippen molar-refractivity contribution in [2.45, 2.75) is 23.6 Å². The number of furan rings is 1. The van der Waals surface area contributed by atoms with Gasteiger partial charge in [0.2, 0.25) is 0 Å². The summed E-state index contributed by atoms with van der Waals surface area (Å²) < 4.78 is 30.5. The standard InChI is InChI=1S/C18H16F2N2OS2/c1-11(16-10-12-4-2-3-5-15(12)23-16)21-18(24)22-13-6-8-14(9-7-13)25-17(19)20/h2-11,17H,1H3,(H2,21,22,24)/t11-/m1/s1. The molecule has 25 heavy (non-hydrogen) atoms. The van der Waals surface area contributed by atoms with Gasteiger partial charge in [-0.15, -0.1) is 0 Å². The monoisotopic (exact) mass is 378 g/mol. The highest BCUT2D eigenvalue weighted by molar-refractivity contribution is 7.99. The SMILES string of the molecule is C[C@@H](NC(=S)Nc1ccc(SC(F)F)cc1)c1cc2ccccc2o1. The van der Waals surface area contributed by atoms with Crippen molar-refractivity contribution < 1.29 is 13.2 Å². The smallest absolute Gasteiger partial charge is 0.288 e. The first kappa shape index (κ1) is 17.7. The van der Waals surface area contributed by atoms with Gasteiger partial charge in [0, 0.05) is 16.0 Å². The van der Waals surface area contributed by atoms with E-state index < -0.39 is 5.76 Å². The number of thiocarbonyl (C=S) groups is 1. The first-order valence-electron chi connectivity index (χ1n) is 7.62. The highest BCUT2D eigenvalue weighted by Gasteiger charge is 2.12. The fourth-order valence-corrected chi connectivity index (χ4v) is 3.16. The molecule has 0 unspecified atom stereocenters. The molecule has 2 N–H and O–H groups in total. The molecule has 0 radical (unpaired) electrons. The Morgan fingerprint density at radius 2 is 1.84 bits per heavy atom. The Morgan fingerprint density at radius 3 is 2.52 bits per heavy atom. The number of para-hydroxylation sites is 1. The second kappa shape index (κ2) is 7.84. The van der Waals surface area contributed by atoms with Crippen LogP contribution in [0.4, 0.5) is 14.5 Å². The number of fused-ring (bicyclic) bond motifs is 1. The summed E-state index contributed by atoms with van der Waals surface area (Å²) in [5, 5.41) is 7.66. The van der Waals surface area contributed by atoms with E-state index in [1.807, 2.05) is 37.3 Å². The molecule has 0 aliphatic rings. The zero-order chi connectivity index (χ0) is 17.8. The Hall–Kier alpha value is -2.12. The lowest BCUT2D eigenvalue weighted by Crippen LogP contribution is -2.30. The maximum atomic E-state index is 12.3. The van der Waals surface area contributed by atoms with E-state index in [4.69, 9.17) is 16.6 Å². The Labute approximate surface area is 153 Å². The summed E-state index contributed by atoms with van der Waals surface area (Å²) in [5.41, 5.74) is 1.56. The van der Waals surface area contributed by atoms with Crippen LogP contribution in [0, 0.1) is 0 Å². The van der Waals surface area contributed by atoms with E-state index in [1.54, 1.807) is 24.3 Å². The van der Waals surface area contributed by atoms with Crippen molar-refractivity contribution in [1.82, 2.24) is 5.32 Å². The van der Waals surface area contributed by atoms with Crippen LogP contribution in [0.2, 0.25) is 0 Å². The van der Waals surface area contributed by atoms with Crippen molar-refractivity contribution in [3.8, 4) is 0 Å². The molecule has 0 amide bonds. The molecule has 3 nitrogen and oxygen atoms in total. The average molecular weight is 378 g/mol. The van der Waals surface area contributed by atoms with Crippen LogP contribution in [-0.4, -0.2) is 10.9 Å². The predicted molar refractivity (Wildman–Crippen MR) is 102 cm³/mol. The Morgan fingerprint density at radius 1 is 1.12 bits per heavy atom. The minimum absolute atomic E-state index is 0.110. The summed E-state index contributed by atoms with van der Waals surface area (Å²) in [7, 11) is 0. The highest BCUT2D eigenvalue weighted by Crippen LogP contribution is 2.26. The number of alkyl halides is 2. The van der Waals surface area contributed by atoms with Crippen LogP contribution in [-0.2, 0) is 0 Å². The van der Waals surface area contributed by atoms with Crippen molar-refractivity contribution in [1.29, 1.82) is 0 Å². The fourth-order valence-electron chi connectivity index (χ4n) is 2.37. The largest absolute Gasteiger partial charge is 0.459 e. The topological polar surface area (TPSA) is 37.2 Å². The molecule has 3 rings (SSSR count). The highest BCUT2D eigenvalue weighted by atomic mass is 32.2. The number of benzene rings is 2. The lowest BCUT2D eigenvalue weighted by molar-refractivity contribution is 0.252. The van der Waals surface area contributed by atoms with Gasteiger partial charge in [-0.2, -0.15) is 8.78 Å². The van der Waals surface area contributed by atoms with Crippen LogP contribution in [0.3, 0.4) is 0 Å². The number of nitrogens with one attached hydrogen (secondary N) is 2. The molecule has 7 heteroatoms. The summed E-state index contributed by atoms with van der Waals surface area (Å²) in [6, 6.07) is 16.3. The maximum Gasteiger partial charge on any atom is 0.288 e. The van der Waals surface area contributed by atoms with Crippen molar-refractivity contribution in [2.75, 3.05) is 5.32 Å². The average Bonchev–Trinajstić information content (AvgIpc) is 3.00. The van der Waals surface area contributed by atoms with Gasteiger partial charge >= 0.3 is 0 Å². The van der Waals surface area contributed by atoms with Gasteiger partial charge in [-0.3, -0.25) is 0 Å². The summed E-state index contributed by atoms with van der Waals surface area (Å²) in [6.45, 7) is 1.95. The number of anilines is 1. The van der Waals surface area contributed by atoms with E-state index in [0.29, 0.717) is 21.8 Å².